The third-order valence-electron chi connectivity index (χ3n) is 2.98. The highest BCUT2D eigenvalue weighted by molar-refractivity contribution is 5.70. The van der Waals surface area contributed by atoms with Crippen LogP contribution in [0.1, 0.15) is 26.3 Å². The molecule has 20 heavy (non-hydrogen) atoms. The Morgan fingerprint density at radius 1 is 1.40 bits per heavy atom. The van der Waals surface area contributed by atoms with E-state index >= 15 is 0 Å². The van der Waals surface area contributed by atoms with Crippen molar-refractivity contribution >= 4 is 5.97 Å². The average Bonchev–Trinajstić information content (AvgIpc) is 2.70. The highest BCUT2D eigenvalue weighted by Crippen LogP contribution is 2.29. The zero-order valence-electron chi connectivity index (χ0n) is 12.3. The molecule has 1 aromatic carbocycles. The first kappa shape index (κ1) is 14.8. The van der Waals surface area contributed by atoms with Crippen molar-refractivity contribution in [1.29, 1.82) is 0 Å². The summed E-state index contributed by atoms with van der Waals surface area (Å²) in [6.45, 7) is 7.88. The monoisotopic (exact) mass is 280 g/mol. The van der Waals surface area contributed by atoms with Crippen LogP contribution in [0.2, 0.25) is 0 Å². The number of carbonyl (C=O) groups excluding carboxylic acids is 1. The van der Waals surface area contributed by atoms with Crippen molar-refractivity contribution in [3.63, 3.8) is 0 Å². The van der Waals surface area contributed by atoms with Crippen molar-refractivity contribution in [1.82, 2.24) is 0 Å². The maximum Gasteiger partial charge on any atom is 0.308 e. The van der Waals surface area contributed by atoms with Crippen molar-refractivity contribution in [2.45, 2.75) is 39.6 Å². The molecule has 2 rings (SSSR count). The molecule has 0 amide bonds. The van der Waals surface area contributed by atoms with Gasteiger partial charge in [-0.1, -0.05) is 6.07 Å². The molecule has 0 unspecified atom stereocenters. The first-order chi connectivity index (χ1) is 9.37. The minimum Gasteiger partial charge on any atom is -0.490 e. The van der Waals surface area contributed by atoms with Crippen LogP contribution >= 0.6 is 0 Å². The van der Waals surface area contributed by atoms with Gasteiger partial charge in [-0.15, -0.1) is 0 Å². The zero-order chi connectivity index (χ0) is 14.8. The number of hydrogen-bond acceptors (Lipinski definition) is 5. The normalized spacial score (nSPS) is 20.7. The lowest BCUT2D eigenvalue weighted by molar-refractivity contribution is -0.141. The molecule has 0 N–H and O–H groups in total. The fourth-order valence-electron chi connectivity index (χ4n) is 2.04. The van der Waals surface area contributed by atoms with Gasteiger partial charge in [0.25, 0.3) is 0 Å². The Morgan fingerprint density at radius 2 is 2.10 bits per heavy atom. The summed E-state index contributed by atoms with van der Waals surface area (Å²) in [5, 5.41) is 0. The summed E-state index contributed by atoms with van der Waals surface area (Å²) in [4.78, 5) is 11.0. The SMILES string of the molecule is CC(=O)Oc1cccc(OC[C@@H]2COC(C)(C)O2)c1C. The fraction of sp³-hybridized carbons (Fsp3) is 0.533. The minimum absolute atomic E-state index is 0.0956. The summed E-state index contributed by atoms with van der Waals surface area (Å²) in [6, 6.07) is 5.36. The predicted molar refractivity (Wildman–Crippen MR) is 72.9 cm³/mol. The molecule has 110 valence electrons. The van der Waals surface area contributed by atoms with Gasteiger partial charge in [-0.3, -0.25) is 4.79 Å². The molecule has 5 heteroatoms. The summed E-state index contributed by atoms with van der Waals surface area (Å²) >= 11 is 0. The smallest absolute Gasteiger partial charge is 0.308 e. The van der Waals surface area contributed by atoms with E-state index in [2.05, 4.69) is 0 Å². The van der Waals surface area contributed by atoms with Crippen LogP contribution in [0.4, 0.5) is 0 Å². The first-order valence-corrected chi connectivity index (χ1v) is 6.60. The van der Waals surface area contributed by atoms with Gasteiger partial charge in [-0.25, -0.2) is 0 Å². The molecule has 1 heterocycles. The summed E-state index contributed by atoms with van der Waals surface area (Å²) in [5.41, 5.74) is 0.792. The molecule has 0 aliphatic carbocycles. The number of carbonyl (C=O) groups is 1. The lowest BCUT2D eigenvalue weighted by Gasteiger charge is -2.18. The number of hydrogen-bond donors (Lipinski definition) is 0. The summed E-state index contributed by atoms with van der Waals surface area (Å²) in [5.74, 6) is 0.290. The Balaban J connectivity index is 1.98. The number of ether oxygens (including phenoxy) is 4. The number of esters is 1. The van der Waals surface area contributed by atoms with Crippen LogP contribution < -0.4 is 9.47 Å². The van der Waals surface area contributed by atoms with E-state index in [1.54, 1.807) is 12.1 Å². The van der Waals surface area contributed by atoms with Gasteiger partial charge >= 0.3 is 5.97 Å². The first-order valence-electron chi connectivity index (χ1n) is 6.60. The molecule has 5 nitrogen and oxygen atoms in total. The number of rotatable bonds is 4. The predicted octanol–water partition coefficient (Wildman–Crippen LogP) is 2.45. The average molecular weight is 280 g/mol. The van der Waals surface area contributed by atoms with E-state index in [1.807, 2.05) is 26.8 Å². The summed E-state index contributed by atoms with van der Waals surface area (Å²) < 4.78 is 22.0. The molecule has 1 aromatic rings. The lowest BCUT2D eigenvalue weighted by atomic mass is 10.2. The second-order valence-corrected chi connectivity index (χ2v) is 5.23. The summed E-state index contributed by atoms with van der Waals surface area (Å²) in [6.07, 6.45) is -0.0956. The van der Waals surface area contributed by atoms with E-state index in [4.69, 9.17) is 18.9 Å². The molecule has 1 aliphatic heterocycles. The molecule has 1 atom stereocenters. The Labute approximate surface area is 118 Å². The van der Waals surface area contributed by atoms with Gasteiger partial charge in [-0.05, 0) is 32.9 Å². The van der Waals surface area contributed by atoms with Crippen molar-refractivity contribution in [2.75, 3.05) is 13.2 Å². The fourth-order valence-corrected chi connectivity index (χ4v) is 2.04. The van der Waals surface area contributed by atoms with E-state index < -0.39 is 5.79 Å². The molecular weight excluding hydrogens is 260 g/mol. The van der Waals surface area contributed by atoms with Gasteiger partial charge in [0.15, 0.2) is 5.79 Å². The van der Waals surface area contributed by atoms with E-state index in [0.717, 1.165) is 5.56 Å². The number of benzene rings is 1. The van der Waals surface area contributed by atoms with Gasteiger partial charge in [0.05, 0.1) is 6.61 Å². The van der Waals surface area contributed by atoms with Crippen molar-refractivity contribution in [2.24, 2.45) is 0 Å². The molecule has 0 bridgehead atoms. The Morgan fingerprint density at radius 3 is 2.70 bits per heavy atom. The van der Waals surface area contributed by atoms with Crippen LogP contribution in [0.3, 0.4) is 0 Å². The van der Waals surface area contributed by atoms with Gasteiger partial charge < -0.3 is 18.9 Å². The molecular formula is C15H20O5. The van der Waals surface area contributed by atoms with Crippen molar-refractivity contribution in [3.8, 4) is 11.5 Å². The Bertz CT molecular complexity index is 495. The second kappa shape index (κ2) is 5.81. The lowest BCUT2D eigenvalue weighted by Crippen LogP contribution is -2.25. The van der Waals surface area contributed by atoms with Crippen LogP contribution in [-0.2, 0) is 14.3 Å². The topological polar surface area (TPSA) is 54.0 Å². The van der Waals surface area contributed by atoms with Gasteiger partial charge in [0, 0.05) is 12.5 Å². The highest BCUT2D eigenvalue weighted by atomic mass is 16.7. The Kier molecular flexibility index (Phi) is 4.30. The van der Waals surface area contributed by atoms with E-state index in [1.165, 1.54) is 6.92 Å². The standard InChI is InChI=1S/C15H20O5/c1-10-13(6-5-7-14(10)19-11(2)16)17-8-12-9-18-15(3,4)20-12/h5-7,12H,8-9H2,1-4H3/t12-/m1/s1. The van der Waals surface area contributed by atoms with Crippen LogP contribution in [-0.4, -0.2) is 31.1 Å². The van der Waals surface area contributed by atoms with Gasteiger partial charge in [0.1, 0.15) is 24.2 Å². The van der Waals surface area contributed by atoms with Crippen molar-refractivity contribution < 1.29 is 23.7 Å². The van der Waals surface area contributed by atoms with Crippen LogP contribution in [0.15, 0.2) is 18.2 Å². The zero-order valence-corrected chi connectivity index (χ0v) is 12.3. The maximum atomic E-state index is 11.0. The third kappa shape index (κ3) is 3.71. The molecule has 0 aromatic heterocycles. The van der Waals surface area contributed by atoms with Gasteiger partial charge in [0.2, 0.25) is 0 Å². The third-order valence-corrected chi connectivity index (χ3v) is 2.98. The maximum absolute atomic E-state index is 11.0. The molecule has 1 aliphatic rings. The minimum atomic E-state index is -0.553. The van der Waals surface area contributed by atoms with E-state index in [-0.39, 0.29) is 12.1 Å². The summed E-state index contributed by atoms with van der Waals surface area (Å²) in [7, 11) is 0. The largest absolute Gasteiger partial charge is 0.490 e. The van der Waals surface area contributed by atoms with Crippen LogP contribution in [0.25, 0.3) is 0 Å². The van der Waals surface area contributed by atoms with E-state index in [9.17, 15) is 4.79 Å². The van der Waals surface area contributed by atoms with Crippen LogP contribution in [0.5, 0.6) is 11.5 Å². The molecule has 1 saturated heterocycles. The molecule has 0 radical (unpaired) electrons. The van der Waals surface area contributed by atoms with E-state index in [0.29, 0.717) is 24.7 Å². The quantitative estimate of drug-likeness (QED) is 0.626. The van der Waals surface area contributed by atoms with Crippen LogP contribution in [0, 0.1) is 6.92 Å². The van der Waals surface area contributed by atoms with Crippen molar-refractivity contribution in [3.05, 3.63) is 23.8 Å². The second-order valence-electron chi connectivity index (χ2n) is 5.23. The molecule has 1 fully saturated rings. The highest BCUT2D eigenvalue weighted by Gasteiger charge is 2.33. The van der Waals surface area contributed by atoms with Gasteiger partial charge in [-0.2, -0.15) is 0 Å². The molecule has 0 spiro atoms. The molecule has 0 saturated carbocycles. The Hall–Kier alpha value is -1.59.